The molecule has 1 saturated carbocycles. The molecule has 1 aromatic rings. The average Bonchev–Trinajstić information content (AvgIpc) is 2.74. The van der Waals surface area contributed by atoms with Gasteiger partial charge in [0.2, 0.25) is 15.9 Å². The number of carbonyl (C=O) groups excluding carboxylic acids is 1. The zero-order valence-electron chi connectivity index (χ0n) is 17.2. The molecule has 0 bridgehead atoms. The largest absolute Gasteiger partial charge is 0.334 e. The summed E-state index contributed by atoms with van der Waals surface area (Å²) in [5.41, 5.74) is 0.934. The first kappa shape index (κ1) is 22.2. The predicted molar refractivity (Wildman–Crippen MR) is 111 cm³/mol. The van der Waals surface area contributed by atoms with Crippen LogP contribution in [0.25, 0.3) is 0 Å². The Bertz CT molecular complexity index is 771. The summed E-state index contributed by atoms with van der Waals surface area (Å²) in [6.07, 6.45) is 5.49. The third-order valence-electron chi connectivity index (χ3n) is 6.05. The van der Waals surface area contributed by atoms with Crippen molar-refractivity contribution in [2.45, 2.75) is 51.6 Å². The van der Waals surface area contributed by atoms with Gasteiger partial charge in [-0.25, -0.2) is 12.8 Å². The van der Waals surface area contributed by atoms with Crippen molar-refractivity contribution in [3.8, 4) is 0 Å². The van der Waals surface area contributed by atoms with Crippen LogP contribution in [-0.4, -0.2) is 72.9 Å². The van der Waals surface area contributed by atoms with Gasteiger partial charge in [0, 0.05) is 38.8 Å². The number of hydrogen-bond acceptors (Lipinski definition) is 4. The summed E-state index contributed by atoms with van der Waals surface area (Å²) < 4.78 is 38.8. The lowest BCUT2D eigenvalue weighted by Gasteiger charge is -2.38. The van der Waals surface area contributed by atoms with Crippen LogP contribution in [-0.2, 0) is 21.4 Å². The van der Waals surface area contributed by atoms with Gasteiger partial charge >= 0.3 is 0 Å². The van der Waals surface area contributed by atoms with Crippen LogP contribution in [0.3, 0.4) is 0 Å². The maximum atomic E-state index is 13.3. The molecular formula is C21H32FN3O3S. The van der Waals surface area contributed by atoms with E-state index in [9.17, 15) is 17.6 Å². The van der Waals surface area contributed by atoms with Crippen LogP contribution < -0.4 is 0 Å². The molecule has 29 heavy (non-hydrogen) atoms. The van der Waals surface area contributed by atoms with E-state index in [2.05, 4.69) is 0 Å². The van der Waals surface area contributed by atoms with Gasteiger partial charge in [-0.1, -0.05) is 31.4 Å². The van der Waals surface area contributed by atoms with Crippen molar-refractivity contribution in [2.24, 2.45) is 0 Å². The quantitative estimate of drug-likeness (QED) is 0.673. The molecule has 2 fully saturated rings. The van der Waals surface area contributed by atoms with Gasteiger partial charge in [0.15, 0.2) is 0 Å². The topological polar surface area (TPSA) is 60.9 Å². The molecule has 0 spiro atoms. The highest BCUT2D eigenvalue weighted by atomic mass is 32.2. The number of amides is 1. The summed E-state index contributed by atoms with van der Waals surface area (Å²) in [5, 5.41) is 0. The molecular weight excluding hydrogens is 393 g/mol. The third-order valence-corrected chi connectivity index (χ3v) is 7.93. The fourth-order valence-corrected chi connectivity index (χ4v) is 5.32. The number of nitrogens with zero attached hydrogens (tertiary/aromatic N) is 3. The second-order valence-corrected chi connectivity index (χ2v) is 10.3. The van der Waals surface area contributed by atoms with E-state index in [-0.39, 0.29) is 23.5 Å². The molecule has 6 nitrogen and oxygen atoms in total. The van der Waals surface area contributed by atoms with E-state index < -0.39 is 10.0 Å². The van der Waals surface area contributed by atoms with Gasteiger partial charge in [0.1, 0.15) is 5.82 Å². The first-order valence-corrected chi connectivity index (χ1v) is 12.2. The number of piperazine rings is 1. The number of rotatable bonds is 7. The number of halogens is 1. The van der Waals surface area contributed by atoms with Crippen molar-refractivity contribution in [3.63, 3.8) is 0 Å². The van der Waals surface area contributed by atoms with Crippen molar-refractivity contribution in [2.75, 3.05) is 38.5 Å². The summed E-state index contributed by atoms with van der Waals surface area (Å²) in [6, 6.07) is 6.58. The molecule has 0 aromatic heterocycles. The minimum Gasteiger partial charge on any atom is -0.334 e. The van der Waals surface area contributed by atoms with E-state index in [1.54, 1.807) is 19.1 Å². The molecule has 0 unspecified atom stereocenters. The van der Waals surface area contributed by atoms with Crippen LogP contribution >= 0.6 is 0 Å². The lowest BCUT2D eigenvalue weighted by molar-refractivity contribution is -0.136. The molecule has 3 rings (SSSR count). The first-order chi connectivity index (χ1) is 13.9. The van der Waals surface area contributed by atoms with Crippen molar-refractivity contribution in [3.05, 3.63) is 35.6 Å². The summed E-state index contributed by atoms with van der Waals surface area (Å²) in [5.74, 6) is -0.0868. The van der Waals surface area contributed by atoms with E-state index in [0.717, 1.165) is 31.2 Å². The Hall–Kier alpha value is -1.51. The number of carbonyl (C=O) groups is 1. The van der Waals surface area contributed by atoms with Crippen molar-refractivity contribution in [1.82, 2.24) is 14.1 Å². The normalized spacial score (nSPS) is 19.9. The summed E-state index contributed by atoms with van der Waals surface area (Å²) in [7, 11) is -3.17. The Morgan fingerprint density at radius 1 is 1.07 bits per heavy atom. The number of benzene rings is 1. The van der Waals surface area contributed by atoms with Crippen LogP contribution in [0.2, 0.25) is 0 Å². The third kappa shape index (κ3) is 5.99. The van der Waals surface area contributed by atoms with E-state index >= 15 is 0 Å². The monoisotopic (exact) mass is 425 g/mol. The van der Waals surface area contributed by atoms with Crippen LogP contribution in [0.1, 0.15) is 44.6 Å². The van der Waals surface area contributed by atoms with E-state index in [1.807, 2.05) is 9.80 Å². The lowest BCUT2D eigenvalue weighted by Crippen LogP contribution is -2.52. The van der Waals surface area contributed by atoms with Crippen LogP contribution in [0, 0.1) is 5.82 Å². The molecule has 2 aliphatic rings. The van der Waals surface area contributed by atoms with Crippen molar-refractivity contribution < 1.29 is 17.6 Å². The zero-order chi connectivity index (χ0) is 20.9. The molecule has 1 aliphatic carbocycles. The summed E-state index contributed by atoms with van der Waals surface area (Å²) in [6.45, 7) is 4.46. The maximum absolute atomic E-state index is 13.3. The molecule has 1 amide bonds. The smallest absolute Gasteiger partial charge is 0.237 e. The van der Waals surface area contributed by atoms with E-state index in [4.69, 9.17) is 0 Å². The van der Waals surface area contributed by atoms with Crippen molar-refractivity contribution in [1.29, 1.82) is 0 Å². The molecule has 0 atom stereocenters. The molecule has 0 radical (unpaired) electrons. The average molecular weight is 426 g/mol. The molecule has 1 heterocycles. The van der Waals surface area contributed by atoms with E-state index in [0.29, 0.717) is 39.3 Å². The Labute approximate surface area is 173 Å². The number of sulfonamides is 1. The lowest BCUT2D eigenvalue weighted by atomic mass is 9.93. The van der Waals surface area contributed by atoms with Gasteiger partial charge in [-0.3, -0.25) is 9.69 Å². The van der Waals surface area contributed by atoms with Crippen LogP contribution in [0.15, 0.2) is 24.3 Å². The van der Waals surface area contributed by atoms with Gasteiger partial charge in [-0.2, -0.15) is 4.31 Å². The molecule has 0 N–H and O–H groups in total. The Balaban J connectivity index is 1.63. The molecule has 162 valence electrons. The Morgan fingerprint density at radius 3 is 2.28 bits per heavy atom. The van der Waals surface area contributed by atoms with Crippen LogP contribution in [0.5, 0.6) is 0 Å². The fraction of sp³-hybridized carbons (Fsp3) is 0.667. The molecule has 8 heteroatoms. The van der Waals surface area contributed by atoms with E-state index in [1.165, 1.54) is 22.9 Å². The summed E-state index contributed by atoms with van der Waals surface area (Å²) >= 11 is 0. The highest BCUT2D eigenvalue weighted by Gasteiger charge is 2.30. The minimum absolute atomic E-state index is 0.0769. The van der Waals surface area contributed by atoms with Crippen LogP contribution in [0.4, 0.5) is 4.39 Å². The van der Waals surface area contributed by atoms with Gasteiger partial charge in [-0.15, -0.1) is 0 Å². The first-order valence-electron chi connectivity index (χ1n) is 10.6. The van der Waals surface area contributed by atoms with Gasteiger partial charge in [0.25, 0.3) is 0 Å². The maximum Gasteiger partial charge on any atom is 0.237 e. The number of hydrogen-bond donors (Lipinski definition) is 0. The Kier molecular flexibility index (Phi) is 7.65. The zero-order valence-corrected chi connectivity index (χ0v) is 18.0. The van der Waals surface area contributed by atoms with Crippen molar-refractivity contribution >= 4 is 15.9 Å². The standard InChI is InChI=1S/C21H32FN3O3S/c1-2-29(27,28)24-14-12-23(13-15-24)17-21(26)25(20-6-4-3-5-7-20)16-18-8-10-19(22)11-9-18/h8-11,20H,2-7,12-17H2,1H3. The summed E-state index contributed by atoms with van der Waals surface area (Å²) in [4.78, 5) is 17.2. The van der Waals surface area contributed by atoms with Gasteiger partial charge < -0.3 is 4.90 Å². The van der Waals surface area contributed by atoms with Gasteiger partial charge in [-0.05, 0) is 37.5 Å². The minimum atomic E-state index is -3.17. The highest BCUT2D eigenvalue weighted by Crippen LogP contribution is 2.25. The van der Waals surface area contributed by atoms with Gasteiger partial charge in [0.05, 0.1) is 12.3 Å². The molecule has 1 saturated heterocycles. The second-order valence-electron chi connectivity index (χ2n) is 8.02. The fourth-order valence-electron chi connectivity index (χ4n) is 4.23. The predicted octanol–water partition coefficient (Wildman–Crippen LogP) is 2.45. The molecule has 1 aliphatic heterocycles. The second kappa shape index (κ2) is 10.00. The highest BCUT2D eigenvalue weighted by molar-refractivity contribution is 7.89. The Morgan fingerprint density at radius 2 is 1.69 bits per heavy atom. The SMILES string of the molecule is CCS(=O)(=O)N1CCN(CC(=O)N(Cc2ccc(F)cc2)C2CCCCC2)CC1. The molecule has 1 aromatic carbocycles.